The molecule has 6 nitrogen and oxygen atoms in total. The zero-order valence-corrected chi connectivity index (χ0v) is 16.2. The van der Waals surface area contributed by atoms with Crippen LogP contribution in [0, 0.1) is 5.82 Å². The summed E-state index contributed by atoms with van der Waals surface area (Å²) in [6.07, 6.45) is 8.53. The Morgan fingerprint density at radius 1 is 1.07 bits per heavy atom. The van der Waals surface area contributed by atoms with E-state index in [4.69, 9.17) is 4.42 Å². The Morgan fingerprint density at radius 3 is 2.66 bits per heavy atom. The molecule has 0 amide bonds. The molecule has 0 saturated carbocycles. The van der Waals surface area contributed by atoms with Gasteiger partial charge in [0.15, 0.2) is 5.16 Å². The molecule has 0 aliphatic rings. The number of furan rings is 1. The molecule has 0 spiro atoms. The van der Waals surface area contributed by atoms with Gasteiger partial charge < -0.3 is 8.98 Å². The number of halogens is 1. The quantitative estimate of drug-likeness (QED) is 0.343. The minimum absolute atomic E-state index is 0.277. The van der Waals surface area contributed by atoms with Crippen LogP contribution in [0.4, 0.5) is 4.39 Å². The van der Waals surface area contributed by atoms with Gasteiger partial charge in [0.1, 0.15) is 17.9 Å². The van der Waals surface area contributed by atoms with E-state index in [0.717, 1.165) is 11.3 Å². The van der Waals surface area contributed by atoms with Crippen molar-refractivity contribution < 1.29 is 8.81 Å². The minimum atomic E-state index is -0.319. The topological polar surface area (TPSA) is 73.8 Å². The summed E-state index contributed by atoms with van der Waals surface area (Å²) in [4.78, 5) is 24.8. The zero-order valence-electron chi connectivity index (χ0n) is 15.4. The first kappa shape index (κ1) is 19.1. The highest BCUT2D eigenvalue weighted by molar-refractivity contribution is 7.98. The smallest absolute Gasteiger partial charge is 0.277 e. The van der Waals surface area contributed by atoms with Gasteiger partial charge in [-0.3, -0.25) is 4.79 Å². The summed E-state index contributed by atoms with van der Waals surface area (Å²) in [6.45, 7) is 0.415. The summed E-state index contributed by atoms with van der Waals surface area (Å²) < 4.78 is 21.3. The molecule has 0 atom stereocenters. The van der Waals surface area contributed by atoms with Crippen LogP contribution in [-0.2, 0) is 18.7 Å². The van der Waals surface area contributed by atoms with E-state index in [0.29, 0.717) is 35.0 Å². The third kappa shape index (κ3) is 4.78. The van der Waals surface area contributed by atoms with E-state index in [9.17, 15) is 9.18 Å². The Hall–Kier alpha value is -3.26. The molecule has 3 heterocycles. The molecule has 0 fully saturated rings. The van der Waals surface area contributed by atoms with Crippen molar-refractivity contribution in [3.8, 4) is 0 Å². The number of nitrogens with zero attached hydrogens (tertiary/aromatic N) is 4. The number of hydrogen-bond donors (Lipinski definition) is 0. The first-order valence-corrected chi connectivity index (χ1v) is 9.90. The van der Waals surface area contributed by atoms with E-state index in [2.05, 4.69) is 15.0 Å². The van der Waals surface area contributed by atoms with E-state index in [-0.39, 0.29) is 11.4 Å². The second-order valence-corrected chi connectivity index (χ2v) is 7.31. The molecule has 0 bridgehead atoms. The first-order valence-electron chi connectivity index (χ1n) is 8.92. The van der Waals surface area contributed by atoms with Gasteiger partial charge in [-0.2, -0.15) is 4.98 Å². The third-order valence-electron chi connectivity index (χ3n) is 4.26. The van der Waals surface area contributed by atoms with E-state index in [1.807, 2.05) is 10.6 Å². The van der Waals surface area contributed by atoms with Crippen LogP contribution in [0.3, 0.4) is 0 Å². The molecule has 1 aromatic carbocycles. The average Bonchev–Trinajstić information content (AvgIpc) is 3.24. The lowest BCUT2D eigenvalue weighted by molar-refractivity contribution is 0.478. The van der Waals surface area contributed by atoms with Gasteiger partial charge in [0.05, 0.1) is 12.8 Å². The molecule has 3 aromatic heterocycles. The van der Waals surface area contributed by atoms with Crippen molar-refractivity contribution in [2.75, 3.05) is 0 Å². The number of benzene rings is 1. The fourth-order valence-corrected chi connectivity index (χ4v) is 3.79. The maximum Gasteiger partial charge on any atom is 0.277 e. The molecule has 0 aliphatic heterocycles. The third-order valence-corrected chi connectivity index (χ3v) is 5.30. The molecule has 0 unspecified atom stereocenters. The Balaban J connectivity index is 1.64. The summed E-state index contributed by atoms with van der Waals surface area (Å²) in [7, 11) is 0. The van der Waals surface area contributed by atoms with Crippen molar-refractivity contribution in [2.45, 2.75) is 23.9 Å². The molecular formula is C21H17FN4O2S. The van der Waals surface area contributed by atoms with Crippen molar-refractivity contribution in [1.29, 1.82) is 0 Å². The Bertz CT molecular complexity index is 1150. The fourth-order valence-electron chi connectivity index (χ4n) is 2.84. The van der Waals surface area contributed by atoms with Crippen LogP contribution >= 0.6 is 11.8 Å². The van der Waals surface area contributed by atoms with Crippen molar-refractivity contribution in [3.05, 3.63) is 106 Å². The van der Waals surface area contributed by atoms with E-state index >= 15 is 0 Å². The summed E-state index contributed by atoms with van der Waals surface area (Å²) in [5, 5.41) is 0.503. The number of aromatic nitrogens is 4. The number of thioether (sulfide) groups is 1. The lowest BCUT2D eigenvalue weighted by atomic mass is 10.1. The molecule has 0 radical (unpaired) electrons. The van der Waals surface area contributed by atoms with Gasteiger partial charge in [-0.15, -0.1) is 0 Å². The van der Waals surface area contributed by atoms with Gasteiger partial charge in [-0.1, -0.05) is 30.0 Å². The van der Waals surface area contributed by atoms with Gasteiger partial charge in [0, 0.05) is 36.3 Å². The molecule has 146 valence electrons. The monoisotopic (exact) mass is 408 g/mol. The molecule has 0 saturated heterocycles. The van der Waals surface area contributed by atoms with Crippen LogP contribution in [0.15, 0.2) is 81.9 Å². The van der Waals surface area contributed by atoms with E-state index in [1.165, 1.54) is 24.2 Å². The van der Waals surface area contributed by atoms with Crippen LogP contribution in [-0.4, -0.2) is 19.5 Å². The van der Waals surface area contributed by atoms with Crippen LogP contribution in [0.1, 0.15) is 22.5 Å². The Kier molecular flexibility index (Phi) is 5.81. The summed E-state index contributed by atoms with van der Waals surface area (Å²) in [5.41, 5.74) is 1.59. The Morgan fingerprint density at radius 2 is 1.90 bits per heavy atom. The van der Waals surface area contributed by atoms with Gasteiger partial charge >= 0.3 is 0 Å². The molecule has 8 heteroatoms. The maximum atomic E-state index is 14.0. The second-order valence-electron chi connectivity index (χ2n) is 6.36. The molecule has 4 rings (SSSR count). The lowest BCUT2D eigenvalue weighted by Gasteiger charge is -2.13. The van der Waals surface area contributed by atoms with E-state index in [1.54, 1.807) is 49.1 Å². The highest BCUT2D eigenvalue weighted by atomic mass is 32.2. The standard InChI is InChI=1S/C21H17FN4O2S/c22-19-6-2-1-4-16(19)13-29-21-25-20(27)17(8-15-9-23-14-24-10-15)11-26(21)12-18-5-3-7-28-18/h1-7,9-11,14H,8,12-13H2. The molecule has 29 heavy (non-hydrogen) atoms. The predicted octanol–water partition coefficient (Wildman–Crippen LogP) is 3.70. The number of rotatable bonds is 7. The zero-order chi connectivity index (χ0) is 20.1. The van der Waals surface area contributed by atoms with Gasteiger partial charge in [-0.05, 0) is 29.3 Å². The van der Waals surface area contributed by atoms with Gasteiger partial charge in [0.25, 0.3) is 5.56 Å². The molecule has 0 N–H and O–H groups in total. The first-order chi connectivity index (χ1) is 14.2. The van der Waals surface area contributed by atoms with Gasteiger partial charge in [-0.25, -0.2) is 14.4 Å². The second kappa shape index (κ2) is 8.83. The fraction of sp³-hybridized carbons (Fsp3) is 0.143. The van der Waals surface area contributed by atoms with Crippen molar-refractivity contribution in [2.24, 2.45) is 0 Å². The summed E-state index contributed by atoms with van der Waals surface area (Å²) >= 11 is 1.31. The average molecular weight is 408 g/mol. The maximum absolute atomic E-state index is 14.0. The largest absolute Gasteiger partial charge is 0.467 e. The van der Waals surface area contributed by atoms with Crippen molar-refractivity contribution in [1.82, 2.24) is 19.5 Å². The number of hydrogen-bond acceptors (Lipinski definition) is 6. The lowest BCUT2D eigenvalue weighted by Crippen LogP contribution is -2.20. The van der Waals surface area contributed by atoms with E-state index < -0.39 is 0 Å². The molecule has 4 aromatic rings. The molecular weight excluding hydrogens is 391 g/mol. The van der Waals surface area contributed by atoms with Crippen LogP contribution in [0.25, 0.3) is 0 Å². The highest BCUT2D eigenvalue weighted by Gasteiger charge is 2.13. The van der Waals surface area contributed by atoms with Crippen LogP contribution in [0.5, 0.6) is 0 Å². The van der Waals surface area contributed by atoms with Crippen molar-refractivity contribution in [3.63, 3.8) is 0 Å². The highest BCUT2D eigenvalue weighted by Crippen LogP contribution is 2.23. The summed E-state index contributed by atoms with van der Waals surface area (Å²) in [6, 6.07) is 10.2. The summed E-state index contributed by atoms with van der Waals surface area (Å²) in [5.74, 6) is 0.821. The van der Waals surface area contributed by atoms with Crippen LogP contribution in [0.2, 0.25) is 0 Å². The van der Waals surface area contributed by atoms with Crippen LogP contribution < -0.4 is 5.56 Å². The predicted molar refractivity (Wildman–Crippen MR) is 107 cm³/mol. The van der Waals surface area contributed by atoms with Gasteiger partial charge in [0.2, 0.25) is 0 Å². The Labute approximate surface area is 170 Å². The SMILES string of the molecule is O=c1nc(SCc2ccccc2F)n(Cc2ccco2)cc1Cc1cncnc1. The van der Waals surface area contributed by atoms with Crippen molar-refractivity contribution >= 4 is 11.8 Å². The normalized spacial score (nSPS) is 10.9. The molecule has 0 aliphatic carbocycles. The minimum Gasteiger partial charge on any atom is -0.467 e.